The maximum atomic E-state index is 12.5. The van der Waals surface area contributed by atoms with Crippen LogP contribution in [0.15, 0.2) is 24.3 Å². The molecule has 4 nitrogen and oxygen atoms in total. The van der Waals surface area contributed by atoms with Gasteiger partial charge in [-0.25, -0.2) is 0 Å². The van der Waals surface area contributed by atoms with Crippen molar-refractivity contribution < 1.29 is 27.5 Å². The molecule has 7 heteroatoms. The van der Waals surface area contributed by atoms with Crippen LogP contribution in [-0.4, -0.2) is 37.0 Å². The second-order valence-electron chi connectivity index (χ2n) is 5.16. The standard InChI is InChI=1S/C15H16F3NO3/c1-22-14(21)11-6-8-19(9-7-11)13(20)10-2-4-12(5-3-10)15(16,17)18/h2-5,11H,6-9H2,1H3. The number of benzene rings is 1. The lowest BCUT2D eigenvalue weighted by Crippen LogP contribution is -2.40. The van der Waals surface area contributed by atoms with Gasteiger partial charge in [-0.3, -0.25) is 9.59 Å². The van der Waals surface area contributed by atoms with E-state index >= 15 is 0 Å². The largest absolute Gasteiger partial charge is 0.469 e. The van der Waals surface area contributed by atoms with E-state index < -0.39 is 11.7 Å². The van der Waals surface area contributed by atoms with Crippen molar-refractivity contribution in [1.29, 1.82) is 0 Å². The molecule has 0 aliphatic carbocycles. The number of methoxy groups -OCH3 is 1. The van der Waals surface area contributed by atoms with E-state index in [4.69, 9.17) is 0 Å². The Kier molecular flexibility index (Phi) is 4.73. The summed E-state index contributed by atoms with van der Waals surface area (Å²) < 4.78 is 42.1. The summed E-state index contributed by atoms with van der Waals surface area (Å²) in [6, 6.07) is 4.15. The molecule has 1 aromatic rings. The monoisotopic (exact) mass is 315 g/mol. The van der Waals surface area contributed by atoms with Gasteiger partial charge in [-0.1, -0.05) is 0 Å². The van der Waals surface area contributed by atoms with Crippen LogP contribution in [0.3, 0.4) is 0 Å². The minimum absolute atomic E-state index is 0.213. The van der Waals surface area contributed by atoms with E-state index in [0.717, 1.165) is 12.1 Å². The van der Waals surface area contributed by atoms with Crippen molar-refractivity contribution in [2.24, 2.45) is 5.92 Å². The second kappa shape index (κ2) is 6.37. The van der Waals surface area contributed by atoms with Crippen molar-refractivity contribution >= 4 is 11.9 Å². The Morgan fingerprint density at radius 3 is 2.14 bits per heavy atom. The van der Waals surface area contributed by atoms with Crippen molar-refractivity contribution in [3.05, 3.63) is 35.4 Å². The van der Waals surface area contributed by atoms with E-state index in [1.54, 1.807) is 4.90 Å². The molecule has 0 unspecified atom stereocenters. The molecule has 0 spiro atoms. The summed E-state index contributed by atoms with van der Waals surface area (Å²) in [5.74, 6) is -0.833. The molecule has 2 rings (SSSR count). The lowest BCUT2D eigenvalue weighted by molar-refractivity contribution is -0.146. The molecule has 1 heterocycles. The molecule has 22 heavy (non-hydrogen) atoms. The molecule has 0 radical (unpaired) electrons. The third-order valence-electron chi connectivity index (χ3n) is 3.78. The predicted molar refractivity (Wildman–Crippen MR) is 72.1 cm³/mol. The van der Waals surface area contributed by atoms with E-state index in [-0.39, 0.29) is 23.4 Å². The highest BCUT2D eigenvalue weighted by atomic mass is 19.4. The zero-order valence-corrected chi connectivity index (χ0v) is 12.0. The first kappa shape index (κ1) is 16.3. The average Bonchev–Trinajstić information content (AvgIpc) is 2.53. The quantitative estimate of drug-likeness (QED) is 0.788. The Hall–Kier alpha value is -2.05. The van der Waals surface area contributed by atoms with Crippen molar-refractivity contribution in [2.75, 3.05) is 20.2 Å². The number of amides is 1. The van der Waals surface area contributed by atoms with Crippen molar-refractivity contribution in [2.45, 2.75) is 19.0 Å². The van der Waals surface area contributed by atoms with Gasteiger partial charge in [0.05, 0.1) is 18.6 Å². The van der Waals surface area contributed by atoms with Gasteiger partial charge in [-0.05, 0) is 37.1 Å². The normalized spacial score (nSPS) is 16.5. The van der Waals surface area contributed by atoms with Crippen LogP contribution < -0.4 is 0 Å². The fraction of sp³-hybridized carbons (Fsp3) is 0.467. The summed E-state index contributed by atoms with van der Waals surface area (Å²) >= 11 is 0. The average molecular weight is 315 g/mol. The van der Waals surface area contributed by atoms with E-state index in [0.29, 0.717) is 25.9 Å². The van der Waals surface area contributed by atoms with Gasteiger partial charge in [0, 0.05) is 18.7 Å². The number of halogens is 3. The maximum Gasteiger partial charge on any atom is 0.416 e. The summed E-state index contributed by atoms with van der Waals surface area (Å²) in [5.41, 5.74) is -0.571. The van der Waals surface area contributed by atoms with E-state index in [2.05, 4.69) is 4.74 Å². The molecule has 1 aromatic carbocycles. The molecule has 0 saturated carbocycles. The number of carbonyl (C=O) groups is 2. The lowest BCUT2D eigenvalue weighted by Gasteiger charge is -2.30. The predicted octanol–water partition coefficient (Wildman–Crippen LogP) is 2.73. The number of piperidine rings is 1. The first-order valence-electron chi connectivity index (χ1n) is 6.87. The number of hydrogen-bond acceptors (Lipinski definition) is 3. The molecular weight excluding hydrogens is 299 g/mol. The van der Waals surface area contributed by atoms with Crippen molar-refractivity contribution in [3.63, 3.8) is 0 Å². The Bertz CT molecular complexity index is 546. The number of rotatable bonds is 2. The molecule has 1 aliphatic rings. The van der Waals surface area contributed by atoms with Crippen LogP contribution in [0, 0.1) is 5.92 Å². The van der Waals surface area contributed by atoms with Crippen LogP contribution in [0.2, 0.25) is 0 Å². The van der Waals surface area contributed by atoms with Crippen LogP contribution in [-0.2, 0) is 15.7 Å². The molecule has 0 atom stereocenters. The summed E-state index contributed by atoms with van der Waals surface area (Å²) in [6.45, 7) is 0.777. The minimum atomic E-state index is -4.42. The Morgan fingerprint density at radius 1 is 1.14 bits per heavy atom. The van der Waals surface area contributed by atoms with Crippen LogP contribution >= 0.6 is 0 Å². The van der Waals surface area contributed by atoms with Gasteiger partial charge in [0.2, 0.25) is 0 Å². The highest BCUT2D eigenvalue weighted by Crippen LogP contribution is 2.29. The smallest absolute Gasteiger partial charge is 0.416 e. The summed E-state index contributed by atoms with van der Waals surface area (Å²) in [4.78, 5) is 25.2. The highest BCUT2D eigenvalue weighted by Gasteiger charge is 2.31. The summed E-state index contributed by atoms with van der Waals surface area (Å²) in [5, 5.41) is 0. The van der Waals surface area contributed by atoms with Crippen LogP contribution in [0.1, 0.15) is 28.8 Å². The van der Waals surface area contributed by atoms with Gasteiger partial charge in [0.15, 0.2) is 0 Å². The van der Waals surface area contributed by atoms with Crippen LogP contribution in [0.25, 0.3) is 0 Å². The van der Waals surface area contributed by atoms with Crippen LogP contribution in [0.5, 0.6) is 0 Å². The molecule has 1 amide bonds. The van der Waals surface area contributed by atoms with Gasteiger partial charge in [-0.2, -0.15) is 13.2 Å². The molecule has 0 aromatic heterocycles. The maximum absolute atomic E-state index is 12.5. The van der Waals surface area contributed by atoms with E-state index in [1.165, 1.54) is 19.2 Å². The van der Waals surface area contributed by atoms with Crippen molar-refractivity contribution in [1.82, 2.24) is 4.90 Å². The first-order valence-corrected chi connectivity index (χ1v) is 6.87. The Morgan fingerprint density at radius 2 is 1.68 bits per heavy atom. The number of likely N-dealkylation sites (tertiary alicyclic amines) is 1. The molecular formula is C15H16F3NO3. The number of nitrogens with zero attached hydrogens (tertiary/aromatic N) is 1. The fourth-order valence-electron chi connectivity index (χ4n) is 2.47. The van der Waals surface area contributed by atoms with Gasteiger partial charge in [0.1, 0.15) is 0 Å². The molecule has 120 valence electrons. The third kappa shape index (κ3) is 3.58. The highest BCUT2D eigenvalue weighted by molar-refractivity contribution is 5.94. The first-order chi connectivity index (χ1) is 10.3. The van der Waals surface area contributed by atoms with Crippen molar-refractivity contribution in [3.8, 4) is 0 Å². The van der Waals surface area contributed by atoms with Gasteiger partial charge in [-0.15, -0.1) is 0 Å². The Balaban J connectivity index is 2.00. The van der Waals surface area contributed by atoms with Gasteiger partial charge >= 0.3 is 12.1 Å². The SMILES string of the molecule is COC(=O)C1CCN(C(=O)c2ccc(C(F)(F)F)cc2)CC1. The lowest BCUT2D eigenvalue weighted by atomic mass is 9.96. The molecule has 1 aliphatic heterocycles. The zero-order chi connectivity index (χ0) is 16.3. The number of esters is 1. The van der Waals surface area contributed by atoms with E-state index in [1.807, 2.05) is 0 Å². The number of carbonyl (C=O) groups excluding carboxylic acids is 2. The molecule has 1 saturated heterocycles. The number of ether oxygens (including phenoxy) is 1. The topological polar surface area (TPSA) is 46.6 Å². The molecule has 1 fully saturated rings. The molecule has 0 bridgehead atoms. The third-order valence-corrected chi connectivity index (χ3v) is 3.78. The van der Waals surface area contributed by atoms with E-state index in [9.17, 15) is 22.8 Å². The second-order valence-corrected chi connectivity index (χ2v) is 5.16. The van der Waals surface area contributed by atoms with Gasteiger partial charge in [0.25, 0.3) is 5.91 Å². The number of hydrogen-bond donors (Lipinski definition) is 0. The zero-order valence-electron chi connectivity index (χ0n) is 12.0. The number of alkyl halides is 3. The summed E-state index contributed by atoms with van der Waals surface area (Å²) in [7, 11) is 1.32. The Labute approximate surface area is 125 Å². The fourth-order valence-corrected chi connectivity index (χ4v) is 2.47. The minimum Gasteiger partial charge on any atom is -0.469 e. The van der Waals surface area contributed by atoms with Crippen LogP contribution in [0.4, 0.5) is 13.2 Å². The molecule has 0 N–H and O–H groups in total. The van der Waals surface area contributed by atoms with Gasteiger partial charge < -0.3 is 9.64 Å². The summed E-state index contributed by atoms with van der Waals surface area (Å²) in [6.07, 6.45) is -3.42.